The Labute approximate surface area is 125 Å². The van der Waals surface area contributed by atoms with Gasteiger partial charge in [-0.05, 0) is 17.9 Å². The summed E-state index contributed by atoms with van der Waals surface area (Å²) < 4.78 is 0.253. The molecule has 0 saturated heterocycles. The van der Waals surface area contributed by atoms with E-state index in [2.05, 4.69) is 0 Å². The molecule has 0 radical (unpaired) electrons. The SMILES string of the molecule is ClCC1(CCl)C(=C(Cl)Cl)C2CC1[C@@H](Cl)[C@@H]2Cl. The fraction of sp³-hybridized carbons (Fsp3) is 0.800. The maximum Gasteiger partial charge on any atom is 0.107 e. The molecule has 2 rings (SSSR count). The maximum atomic E-state index is 6.31. The minimum Gasteiger partial charge on any atom is -0.126 e. The van der Waals surface area contributed by atoms with Crippen molar-refractivity contribution in [3.8, 4) is 0 Å². The molecule has 2 bridgehead atoms. The molecule has 2 unspecified atom stereocenters. The van der Waals surface area contributed by atoms with E-state index in [1.165, 1.54) is 0 Å². The molecule has 0 heterocycles. The second-order valence-corrected chi connectivity index (χ2v) is 6.93. The van der Waals surface area contributed by atoms with Crippen LogP contribution in [-0.4, -0.2) is 22.5 Å². The van der Waals surface area contributed by atoms with Crippen molar-refractivity contribution >= 4 is 69.6 Å². The van der Waals surface area contributed by atoms with Crippen molar-refractivity contribution in [2.45, 2.75) is 17.2 Å². The van der Waals surface area contributed by atoms with Crippen LogP contribution in [-0.2, 0) is 0 Å². The van der Waals surface area contributed by atoms with Gasteiger partial charge in [0.2, 0.25) is 0 Å². The quantitative estimate of drug-likeness (QED) is 0.619. The normalized spacial score (nSPS) is 40.5. The fourth-order valence-electron chi connectivity index (χ4n) is 3.06. The molecular formula is C10H10Cl6. The van der Waals surface area contributed by atoms with Gasteiger partial charge in [-0.3, -0.25) is 0 Å². The van der Waals surface area contributed by atoms with Crippen molar-refractivity contribution in [2.24, 2.45) is 17.3 Å². The van der Waals surface area contributed by atoms with Crippen molar-refractivity contribution in [2.75, 3.05) is 11.8 Å². The summed E-state index contributed by atoms with van der Waals surface area (Å²) in [5.41, 5.74) is 0.521. The van der Waals surface area contributed by atoms with Crippen molar-refractivity contribution in [1.82, 2.24) is 0 Å². The Balaban J connectivity index is 2.50. The number of rotatable bonds is 2. The highest BCUT2D eigenvalue weighted by atomic mass is 35.5. The van der Waals surface area contributed by atoms with Crippen molar-refractivity contribution in [3.05, 3.63) is 10.1 Å². The van der Waals surface area contributed by atoms with Gasteiger partial charge in [0, 0.05) is 23.1 Å². The summed E-state index contributed by atoms with van der Waals surface area (Å²) in [4.78, 5) is 0. The standard InChI is InChI=1S/C10H10Cl6/c11-2-10(3-12)5-1-4(6(10)9(15)16)7(13)8(5)14/h4-5,7-8H,1-3H2/t4?,5?,7-,8-/m1/s1. The van der Waals surface area contributed by atoms with E-state index in [4.69, 9.17) is 69.6 Å². The zero-order chi connectivity index (χ0) is 12.1. The molecule has 6 heteroatoms. The van der Waals surface area contributed by atoms with E-state index in [1.54, 1.807) is 0 Å². The Morgan fingerprint density at radius 3 is 2.12 bits per heavy atom. The first-order chi connectivity index (χ1) is 7.49. The van der Waals surface area contributed by atoms with Crippen LogP contribution in [0.15, 0.2) is 10.1 Å². The summed E-state index contributed by atoms with van der Waals surface area (Å²) in [6.45, 7) is 0. The predicted molar refractivity (Wildman–Crippen MR) is 73.5 cm³/mol. The van der Waals surface area contributed by atoms with Gasteiger partial charge in [-0.25, -0.2) is 0 Å². The number of allylic oxidation sites excluding steroid dienone is 1. The lowest BCUT2D eigenvalue weighted by molar-refractivity contribution is 0.304. The molecule has 2 aliphatic carbocycles. The first-order valence-electron chi connectivity index (χ1n) is 4.95. The highest BCUT2D eigenvalue weighted by Crippen LogP contribution is 2.64. The molecule has 2 aliphatic rings. The maximum absolute atomic E-state index is 6.31. The average molecular weight is 343 g/mol. The third kappa shape index (κ3) is 1.72. The first kappa shape index (κ1) is 13.9. The van der Waals surface area contributed by atoms with E-state index >= 15 is 0 Å². The molecular weight excluding hydrogens is 333 g/mol. The van der Waals surface area contributed by atoms with Gasteiger partial charge in [-0.15, -0.1) is 46.4 Å². The zero-order valence-electron chi connectivity index (χ0n) is 8.20. The Kier molecular flexibility index (Phi) is 4.23. The van der Waals surface area contributed by atoms with Crippen molar-refractivity contribution in [3.63, 3.8) is 0 Å². The zero-order valence-corrected chi connectivity index (χ0v) is 12.7. The van der Waals surface area contributed by atoms with Gasteiger partial charge in [0.05, 0.1) is 10.8 Å². The molecule has 0 aromatic heterocycles. The van der Waals surface area contributed by atoms with Crippen LogP contribution in [0.2, 0.25) is 0 Å². The molecule has 0 aromatic carbocycles. The van der Waals surface area contributed by atoms with Crippen molar-refractivity contribution < 1.29 is 0 Å². The third-order valence-corrected chi connectivity index (χ3v) is 6.52. The summed E-state index contributed by atoms with van der Waals surface area (Å²) in [5.74, 6) is 1.03. The van der Waals surface area contributed by atoms with Crippen LogP contribution in [0.1, 0.15) is 6.42 Å². The molecule has 0 aliphatic heterocycles. The van der Waals surface area contributed by atoms with E-state index in [9.17, 15) is 0 Å². The third-order valence-electron chi connectivity index (χ3n) is 3.88. The van der Waals surface area contributed by atoms with E-state index < -0.39 is 0 Å². The monoisotopic (exact) mass is 340 g/mol. The molecule has 16 heavy (non-hydrogen) atoms. The molecule has 92 valence electrons. The second-order valence-electron chi connectivity index (χ2n) is 4.44. The van der Waals surface area contributed by atoms with Gasteiger partial charge in [0.1, 0.15) is 4.49 Å². The molecule has 4 atom stereocenters. The number of halogens is 6. The minimum atomic E-state index is -0.385. The van der Waals surface area contributed by atoms with E-state index in [-0.39, 0.29) is 32.5 Å². The van der Waals surface area contributed by atoms with Crippen LogP contribution in [0.5, 0.6) is 0 Å². The average Bonchev–Trinajstić information content (AvgIpc) is 2.74. The Hall–Kier alpha value is 1.48. The van der Waals surface area contributed by atoms with Gasteiger partial charge in [-0.2, -0.15) is 0 Å². The lowest BCUT2D eigenvalue weighted by Gasteiger charge is -2.41. The van der Waals surface area contributed by atoms with Crippen LogP contribution in [0.3, 0.4) is 0 Å². The van der Waals surface area contributed by atoms with Crippen LogP contribution in [0, 0.1) is 17.3 Å². The first-order valence-corrected chi connectivity index (χ1v) is 7.65. The lowest BCUT2D eigenvalue weighted by atomic mass is 9.72. The molecule has 0 amide bonds. The Morgan fingerprint density at radius 1 is 1.12 bits per heavy atom. The molecule has 2 saturated carbocycles. The largest absolute Gasteiger partial charge is 0.126 e. The number of alkyl halides is 4. The van der Waals surface area contributed by atoms with Gasteiger partial charge in [-0.1, -0.05) is 23.2 Å². The van der Waals surface area contributed by atoms with E-state index in [0.29, 0.717) is 11.8 Å². The summed E-state index contributed by atoms with van der Waals surface area (Å²) in [7, 11) is 0. The molecule has 0 N–H and O–H groups in total. The second kappa shape index (κ2) is 4.87. The van der Waals surface area contributed by atoms with Crippen LogP contribution in [0.25, 0.3) is 0 Å². The summed E-state index contributed by atoms with van der Waals surface area (Å²) >= 11 is 36.6. The van der Waals surface area contributed by atoms with E-state index in [1.807, 2.05) is 0 Å². The van der Waals surface area contributed by atoms with Crippen LogP contribution >= 0.6 is 69.6 Å². The number of hydrogen-bond acceptors (Lipinski definition) is 0. The Morgan fingerprint density at radius 2 is 1.69 bits per heavy atom. The van der Waals surface area contributed by atoms with Gasteiger partial charge in [0.15, 0.2) is 0 Å². The molecule has 0 nitrogen and oxygen atoms in total. The van der Waals surface area contributed by atoms with Gasteiger partial charge in [0.25, 0.3) is 0 Å². The van der Waals surface area contributed by atoms with Crippen LogP contribution < -0.4 is 0 Å². The highest BCUT2D eigenvalue weighted by molar-refractivity contribution is 6.56. The van der Waals surface area contributed by atoms with Crippen LogP contribution in [0.4, 0.5) is 0 Å². The van der Waals surface area contributed by atoms with Gasteiger partial charge >= 0.3 is 0 Å². The predicted octanol–water partition coefficient (Wildman–Crippen LogP) is 5.00. The molecule has 0 spiro atoms. The smallest absolute Gasteiger partial charge is 0.107 e. The van der Waals surface area contributed by atoms with Gasteiger partial charge < -0.3 is 0 Å². The lowest BCUT2D eigenvalue weighted by Crippen LogP contribution is -2.43. The Bertz CT molecular complexity index is 317. The summed E-state index contributed by atoms with van der Waals surface area (Å²) in [5, 5.41) is -0.241. The fourth-order valence-corrected chi connectivity index (χ4v) is 5.61. The highest BCUT2D eigenvalue weighted by Gasteiger charge is 2.62. The van der Waals surface area contributed by atoms with E-state index in [0.717, 1.165) is 12.0 Å². The molecule has 0 aromatic rings. The number of hydrogen-bond donors (Lipinski definition) is 0. The topological polar surface area (TPSA) is 0 Å². The molecule has 2 fully saturated rings. The minimum absolute atomic E-state index is 0.108. The summed E-state index contributed by atoms with van der Waals surface area (Å²) in [6, 6.07) is 0. The number of fused-ring (bicyclic) bond motifs is 2. The van der Waals surface area contributed by atoms with Crippen molar-refractivity contribution in [1.29, 1.82) is 0 Å². The summed E-state index contributed by atoms with van der Waals surface area (Å²) in [6.07, 6.45) is 0.875.